The van der Waals surface area contributed by atoms with E-state index >= 15 is 0 Å². The zero-order valence-corrected chi connectivity index (χ0v) is 13.8. The molecule has 25 heavy (non-hydrogen) atoms. The first-order chi connectivity index (χ1) is 11.9. The van der Waals surface area contributed by atoms with Crippen molar-refractivity contribution in [3.63, 3.8) is 0 Å². The monoisotopic (exact) mass is 352 g/mol. The summed E-state index contributed by atoms with van der Waals surface area (Å²) >= 11 is 0. The van der Waals surface area contributed by atoms with Crippen molar-refractivity contribution in [3.05, 3.63) is 66.5 Å². The largest absolute Gasteiger partial charge is 0.481 e. The maximum atomic E-state index is 13.9. The number of allylic oxidation sites excluding steroid dienone is 1. The predicted molar refractivity (Wildman–Crippen MR) is 91.1 cm³/mol. The van der Waals surface area contributed by atoms with Crippen molar-refractivity contribution in [2.45, 2.75) is 31.9 Å². The van der Waals surface area contributed by atoms with Gasteiger partial charge in [-0.1, -0.05) is 36.4 Å². The zero-order valence-electron chi connectivity index (χ0n) is 13.8. The lowest BCUT2D eigenvalue weighted by atomic mass is 10.0. The fourth-order valence-corrected chi connectivity index (χ4v) is 2.44. The number of benzene rings is 2. The first kappa shape index (κ1) is 19.0. The molecule has 0 aliphatic carbocycles. The summed E-state index contributed by atoms with van der Waals surface area (Å²) in [6.45, 7) is 2.18. The quantitative estimate of drug-likeness (QED) is 0.306. The van der Waals surface area contributed by atoms with Crippen LogP contribution >= 0.6 is 0 Å². The number of rotatable bonds is 8. The van der Waals surface area contributed by atoms with Crippen molar-refractivity contribution in [1.82, 2.24) is 0 Å². The second kappa shape index (κ2) is 8.70. The van der Waals surface area contributed by atoms with E-state index in [0.717, 1.165) is 31.2 Å². The first-order valence-corrected chi connectivity index (χ1v) is 8.08. The van der Waals surface area contributed by atoms with Gasteiger partial charge in [-0.2, -0.15) is 13.2 Å². The zero-order chi connectivity index (χ0) is 18.3. The Kier molecular flexibility index (Phi) is 6.62. The van der Waals surface area contributed by atoms with Gasteiger partial charge < -0.3 is 4.74 Å². The Morgan fingerprint density at radius 2 is 1.64 bits per heavy atom. The van der Waals surface area contributed by atoms with Gasteiger partial charge in [-0.15, -0.1) is 6.58 Å². The summed E-state index contributed by atoms with van der Waals surface area (Å²) < 4.78 is 54.8. The van der Waals surface area contributed by atoms with Gasteiger partial charge in [-0.25, -0.2) is 4.39 Å². The van der Waals surface area contributed by atoms with E-state index < -0.39 is 24.3 Å². The number of halogens is 4. The molecule has 0 aliphatic rings. The minimum Gasteiger partial charge on any atom is -0.481 e. The number of unbranched alkanes of at least 4 members (excludes halogenated alkanes) is 2. The van der Waals surface area contributed by atoms with Gasteiger partial charge in [-0.3, -0.25) is 0 Å². The fraction of sp³-hybridized carbons (Fsp3) is 0.300. The van der Waals surface area contributed by atoms with Crippen molar-refractivity contribution < 1.29 is 22.3 Å². The van der Waals surface area contributed by atoms with Crippen LogP contribution in [0.1, 0.15) is 24.8 Å². The van der Waals surface area contributed by atoms with Gasteiger partial charge in [0.1, 0.15) is 0 Å². The molecule has 0 fully saturated rings. The molecular formula is C20H20F4O. The van der Waals surface area contributed by atoms with Crippen LogP contribution in [0.5, 0.6) is 5.75 Å². The van der Waals surface area contributed by atoms with E-state index in [-0.39, 0.29) is 0 Å². The van der Waals surface area contributed by atoms with Crippen molar-refractivity contribution in [2.24, 2.45) is 0 Å². The highest BCUT2D eigenvalue weighted by molar-refractivity contribution is 5.64. The molecule has 134 valence electrons. The summed E-state index contributed by atoms with van der Waals surface area (Å²) in [6, 6.07) is 11.7. The van der Waals surface area contributed by atoms with Crippen molar-refractivity contribution >= 4 is 0 Å². The van der Waals surface area contributed by atoms with E-state index in [2.05, 4.69) is 11.3 Å². The molecule has 0 bridgehead atoms. The number of hydrogen-bond acceptors (Lipinski definition) is 1. The van der Waals surface area contributed by atoms with Gasteiger partial charge in [0.05, 0.1) is 0 Å². The first-order valence-electron chi connectivity index (χ1n) is 8.08. The van der Waals surface area contributed by atoms with E-state index in [4.69, 9.17) is 0 Å². The third kappa shape index (κ3) is 6.25. The molecular weight excluding hydrogens is 332 g/mol. The van der Waals surface area contributed by atoms with E-state index in [1.165, 1.54) is 17.7 Å². The van der Waals surface area contributed by atoms with Crippen LogP contribution < -0.4 is 4.74 Å². The molecule has 0 amide bonds. The summed E-state index contributed by atoms with van der Waals surface area (Å²) in [5.74, 6) is -1.21. The van der Waals surface area contributed by atoms with Crippen molar-refractivity contribution in [3.8, 4) is 16.9 Å². The van der Waals surface area contributed by atoms with Crippen LogP contribution in [0.3, 0.4) is 0 Å². The Balaban J connectivity index is 2.01. The van der Waals surface area contributed by atoms with Crippen LogP contribution in [0.2, 0.25) is 0 Å². The minimum absolute atomic E-state index is 0.403. The van der Waals surface area contributed by atoms with Crippen LogP contribution in [0.4, 0.5) is 17.6 Å². The van der Waals surface area contributed by atoms with Crippen molar-refractivity contribution in [2.75, 3.05) is 6.61 Å². The van der Waals surface area contributed by atoms with Crippen LogP contribution in [-0.2, 0) is 6.42 Å². The summed E-state index contributed by atoms with van der Waals surface area (Å²) in [4.78, 5) is 0. The highest BCUT2D eigenvalue weighted by atomic mass is 19.4. The SMILES string of the molecule is C=CCCCCc1ccc(-c2ccc(OCC(F)(F)F)c(F)c2)cc1. The lowest BCUT2D eigenvalue weighted by Gasteiger charge is -2.11. The van der Waals surface area contributed by atoms with E-state index in [9.17, 15) is 17.6 Å². The summed E-state index contributed by atoms with van der Waals surface area (Å²) in [7, 11) is 0. The highest BCUT2D eigenvalue weighted by Gasteiger charge is 2.28. The lowest BCUT2D eigenvalue weighted by Crippen LogP contribution is -2.19. The van der Waals surface area contributed by atoms with E-state index in [0.29, 0.717) is 5.56 Å². The average molecular weight is 352 g/mol. The number of aryl methyl sites for hydroxylation is 1. The van der Waals surface area contributed by atoms with Gasteiger partial charge in [0.15, 0.2) is 18.2 Å². The number of hydrogen-bond donors (Lipinski definition) is 0. The molecule has 0 heterocycles. The maximum Gasteiger partial charge on any atom is 0.422 e. The van der Waals surface area contributed by atoms with Crippen LogP contribution in [-0.4, -0.2) is 12.8 Å². The Labute approximate surface area is 144 Å². The number of ether oxygens (including phenoxy) is 1. The second-order valence-corrected chi connectivity index (χ2v) is 5.78. The molecule has 2 aromatic rings. The third-order valence-corrected chi connectivity index (χ3v) is 3.73. The fourth-order valence-electron chi connectivity index (χ4n) is 2.44. The van der Waals surface area contributed by atoms with Crippen LogP contribution in [0.15, 0.2) is 55.1 Å². The Bertz CT molecular complexity index is 690. The second-order valence-electron chi connectivity index (χ2n) is 5.78. The molecule has 0 radical (unpaired) electrons. The highest BCUT2D eigenvalue weighted by Crippen LogP contribution is 2.27. The summed E-state index contributed by atoms with van der Waals surface area (Å²) in [5.41, 5.74) is 2.59. The summed E-state index contributed by atoms with van der Waals surface area (Å²) in [6.07, 6.45) is 1.54. The number of alkyl halides is 3. The van der Waals surface area contributed by atoms with Crippen molar-refractivity contribution in [1.29, 1.82) is 0 Å². The van der Waals surface area contributed by atoms with Gasteiger partial charge in [0.25, 0.3) is 0 Å². The molecule has 0 saturated heterocycles. The smallest absolute Gasteiger partial charge is 0.422 e. The third-order valence-electron chi connectivity index (χ3n) is 3.73. The molecule has 2 aromatic carbocycles. The average Bonchev–Trinajstić information content (AvgIpc) is 2.57. The van der Waals surface area contributed by atoms with E-state index in [1.54, 1.807) is 6.07 Å². The van der Waals surface area contributed by atoms with Gasteiger partial charge in [0.2, 0.25) is 0 Å². The summed E-state index contributed by atoms with van der Waals surface area (Å²) in [5, 5.41) is 0. The minimum atomic E-state index is -4.49. The Morgan fingerprint density at radius 1 is 0.960 bits per heavy atom. The molecule has 0 spiro atoms. The standard InChI is InChI=1S/C20H20F4O/c1-2-3-4-5-6-15-7-9-16(10-8-15)17-11-12-19(18(21)13-17)25-14-20(22,23)24/h2,7-13H,1,3-6,14H2. The molecule has 2 rings (SSSR count). The van der Waals surface area contributed by atoms with Gasteiger partial charge in [0, 0.05) is 0 Å². The molecule has 1 nitrogen and oxygen atoms in total. The van der Waals surface area contributed by atoms with Gasteiger partial charge >= 0.3 is 6.18 Å². The van der Waals surface area contributed by atoms with Crippen LogP contribution in [0.25, 0.3) is 11.1 Å². The van der Waals surface area contributed by atoms with Crippen LogP contribution in [0, 0.1) is 5.82 Å². The molecule has 0 unspecified atom stereocenters. The van der Waals surface area contributed by atoms with Gasteiger partial charge in [-0.05, 0) is 54.5 Å². The maximum absolute atomic E-state index is 13.9. The molecule has 0 saturated carbocycles. The normalized spacial score (nSPS) is 11.4. The lowest BCUT2D eigenvalue weighted by molar-refractivity contribution is -0.153. The Hall–Kier alpha value is -2.30. The topological polar surface area (TPSA) is 9.23 Å². The molecule has 0 atom stereocenters. The molecule has 0 N–H and O–H groups in total. The Morgan fingerprint density at radius 3 is 2.24 bits per heavy atom. The molecule has 5 heteroatoms. The van der Waals surface area contributed by atoms with E-state index in [1.807, 2.05) is 30.3 Å². The molecule has 0 aliphatic heterocycles. The predicted octanol–water partition coefficient (Wildman–Crippen LogP) is 6.33. The molecule has 0 aromatic heterocycles.